The Kier molecular flexibility index (Phi) is 4.17. The van der Waals surface area contributed by atoms with Gasteiger partial charge in [-0.3, -0.25) is 0 Å². The molecule has 0 aliphatic carbocycles. The summed E-state index contributed by atoms with van der Waals surface area (Å²) >= 11 is 3.43. The average molecular weight is 301 g/mol. The number of anilines is 2. The molecule has 1 fully saturated rings. The van der Waals surface area contributed by atoms with Gasteiger partial charge in [0.25, 0.3) is 0 Å². The van der Waals surface area contributed by atoms with E-state index < -0.39 is 0 Å². The van der Waals surface area contributed by atoms with Crippen molar-refractivity contribution in [2.75, 3.05) is 30.3 Å². The first-order chi connectivity index (χ1) is 8.22. The Morgan fingerprint density at radius 1 is 1.53 bits per heavy atom. The second-order valence-electron chi connectivity index (χ2n) is 4.36. The molecule has 94 valence electrons. The number of aromatic nitrogens is 2. The zero-order chi connectivity index (χ0) is 12.3. The van der Waals surface area contributed by atoms with Gasteiger partial charge in [-0.15, -0.1) is 0 Å². The highest BCUT2D eigenvalue weighted by molar-refractivity contribution is 9.10. The topological polar surface area (TPSA) is 75.3 Å². The standard InChI is InChI=1S/C11H17BrN4O/c12-9-10(13)14-7-15-11(9)16-4-1-2-8(6-16)3-5-17/h7-8,17H,1-6H2,(H2,13,14,15). The number of hydrogen-bond donors (Lipinski definition) is 2. The molecule has 0 radical (unpaired) electrons. The highest BCUT2D eigenvalue weighted by atomic mass is 79.9. The minimum atomic E-state index is 0.256. The summed E-state index contributed by atoms with van der Waals surface area (Å²) in [4.78, 5) is 10.4. The van der Waals surface area contributed by atoms with E-state index in [4.69, 9.17) is 10.8 Å². The van der Waals surface area contributed by atoms with E-state index in [1.165, 1.54) is 12.7 Å². The van der Waals surface area contributed by atoms with Crippen LogP contribution in [0.3, 0.4) is 0 Å². The van der Waals surface area contributed by atoms with Gasteiger partial charge in [0.2, 0.25) is 0 Å². The minimum absolute atomic E-state index is 0.256. The molecule has 1 aromatic rings. The van der Waals surface area contributed by atoms with E-state index in [1.54, 1.807) is 0 Å². The van der Waals surface area contributed by atoms with Crippen molar-refractivity contribution in [3.8, 4) is 0 Å². The van der Waals surface area contributed by atoms with E-state index >= 15 is 0 Å². The Morgan fingerprint density at radius 3 is 3.12 bits per heavy atom. The third kappa shape index (κ3) is 2.87. The summed E-state index contributed by atoms with van der Waals surface area (Å²) in [5.74, 6) is 1.87. The van der Waals surface area contributed by atoms with E-state index in [2.05, 4.69) is 30.8 Å². The summed E-state index contributed by atoms with van der Waals surface area (Å²) in [6.45, 7) is 2.16. The highest BCUT2D eigenvalue weighted by Gasteiger charge is 2.22. The van der Waals surface area contributed by atoms with Gasteiger partial charge in [-0.25, -0.2) is 9.97 Å². The maximum atomic E-state index is 9.00. The molecule has 6 heteroatoms. The summed E-state index contributed by atoms with van der Waals surface area (Å²) in [6.07, 6.45) is 4.65. The first kappa shape index (κ1) is 12.6. The lowest BCUT2D eigenvalue weighted by atomic mass is 9.95. The molecule has 2 heterocycles. The summed E-state index contributed by atoms with van der Waals surface area (Å²) in [7, 11) is 0. The monoisotopic (exact) mass is 300 g/mol. The molecule has 2 rings (SSSR count). The Morgan fingerprint density at radius 2 is 2.35 bits per heavy atom. The predicted molar refractivity (Wildman–Crippen MR) is 70.8 cm³/mol. The van der Waals surface area contributed by atoms with Gasteiger partial charge in [-0.2, -0.15) is 0 Å². The average Bonchev–Trinajstić information content (AvgIpc) is 2.33. The summed E-state index contributed by atoms with van der Waals surface area (Å²) in [6, 6.07) is 0. The third-order valence-corrected chi connectivity index (χ3v) is 3.91. The van der Waals surface area contributed by atoms with E-state index in [1.807, 2.05) is 0 Å². The van der Waals surface area contributed by atoms with E-state index in [9.17, 15) is 0 Å². The molecule has 0 aromatic carbocycles. The van der Waals surface area contributed by atoms with Crippen LogP contribution in [0.2, 0.25) is 0 Å². The second-order valence-corrected chi connectivity index (χ2v) is 5.16. The molecular weight excluding hydrogens is 284 g/mol. The zero-order valence-corrected chi connectivity index (χ0v) is 11.2. The van der Waals surface area contributed by atoms with Gasteiger partial charge in [-0.1, -0.05) is 0 Å². The fourth-order valence-corrected chi connectivity index (χ4v) is 2.73. The van der Waals surface area contributed by atoms with Crippen molar-refractivity contribution in [3.63, 3.8) is 0 Å². The molecule has 0 saturated carbocycles. The van der Waals surface area contributed by atoms with E-state index in [0.717, 1.165) is 36.2 Å². The Bertz CT molecular complexity index is 386. The largest absolute Gasteiger partial charge is 0.396 e. The normalized spacial score (nSPS) is 20.6. The number of piperidine rings is 1. The predicted octanol–water partition coefficient (Wildman–Crippen LogP) is 1.42. The molecule has 3 N–H and O–H groups in total. The lowest BCUT2D eigenvalue weighted by Gasteiger charge is -2.33. The van der Waals surface area contributed by atoms with Crippen LogP contribution in [0.25, 0.3) is 0 Å². The van der Waals surface area contributed by atoms with Crippen molar-refractivity contribution in [3.05, 3.63) is 10.8 Å². The number of nitrogens with zero attached hydrogens (tertiary/aromatic N) is 3. The fourth-order valence-electron chi connectivity index (χ4n) is 2.27. The van der Waals surface area contributed by atoms with Crippen molar-refractivity contribution >= 4 is 27.6 Å². The van der Waals surface area contributed by atoms with Crippen LogP contribution in [0.15, 0.2) is 10.8 Å². The van der Waals surface area contributed by atoms with Crippen LogP contribution in [-0.2, 0) is 0 Å². The third-order valence-electron chi connectivity index (χ3n) is 3.15. The van der Waals surface area contributed by atoms with Crippen molar-refractivity contribution in [2.24, 2.45) is 5.92 Å². The molecule has 1 unspecified atom stereocenters. The maximum Gasteiger partial charge on any atom is 0.148 e. The van der Waals surface area contributed by atoms with Crippen molar-refractivity contribution < 1.29 is 5.11 Å². The van der Waals surface area contributed by atoms with Gasteiger partial charge in [0.1, 0.15) is 22.4 Å². The second kappa shape index (κ2) is 5.64. The van der Waals surface area contributed by atoms with Gasteiger partial charge < -0.3 is 15.7 Å². The zero-order valence-electron chi connectivity index (χ0n) is 9.64. The number of aliphatic hydroxyl groups is 1. The SMILES string of the molecule is Nc1ncnc(N2CCCC(CCO)C2)c1Br. The van der Waals surface area contributed by atoms with Crippen LogP contribution in [0, 0.1) is 5.92 Å². The van der Waals surface area contributed by atoms with Crippen molar-refractivity contribution in [1.82, 2.24) is 9.97 Å². The molecule has 0 bridgehead atoms. The highest BCUT2D eigenvalue weighted by Crippen LogP contribution is 2.31. The molecule has 0 amide bonds. The number of aliphatic hydroxyl groups excluding tert-OH is 1. The Hall–Kier alpha value is -0.880. The molecule has 17 heavy (non-hydrogen) atoms. The smallest absolute Gasteiger partial charge is 0.148 e. The Labute approximate surface area is 109 Å². The number of hydrogen-bond acceptors (Lipinski definition) is 5. The molecule has 1 atom stereocenters. The van der Waals surface area contributed by atoms with Crippen LogP contribution < -0.4 is 10.6 Å². The van der Waals surface area contributed by atoms with Gasteiger partial charge in [0, 0.05) is 19.7 Å². The van der Waals surface area contributed by atoms with Crippen LogP contribution in [0.5, 0.6) is 0 Å². The maximum absolute atomic E-state index is 9.00. The summed E-state index contributed by atoms with van der Waals surface area (Å²) < 4.78 is 0.768. The quantitative estimate of drug-likeness (QED) is 0.883. The van der Waals surface area contributed by atoms with Crippen molar-refractivity contribution in [2.45, 2.75) is 19.3 Å². The first-order valence-corrected chi connectivity index (χ1v) is 6.63. The number of nitrogens with two attached hydrogens (primary N) is 1. The van der Waals surface area contributed by atoms with Crippen LogP contribution in [0.1, 0.15) is 19.3 Å². The molecule has 0 spiro atoms. The van der Waals surface area contributed by atoms with Crippen LogP contribution in [0.4, 0.5) is 11.6 Å². The molecule has 1 aliphatic heterocycles. The van der Waals surface area contributed by atoms with E-state index in [0.29, 0.717) is 11.7 Å². The molecule has 5 nitrogen and oxygen atoms in total. The van der Waals surface area contributed by atoms with Gasteiger partial charge >= 0.3 is 0 Å². The fraction of sp³-hybridized carbons (Fsp3) is 0.636. The van der Waals surface area contributed by atoms with E-state index in [-0.39, 0.29) is 6.61 Å². The van der Waals surface area contributed by atoms with Crippen LogP contribution in [-0.4, -0.2) is 34.8 Å². The number of rotatable bonds is 3. The minimum Gasteiger partial charge on any atom is -0.396 e. The molecule has 1 saturated heterocycles. The van der Waals surface area contributed by atoms with Gasteiger partial charge in [0.15, 0.2) is 0 Å². The van der Waals surface area contributed by atoms with Crippen molar-refractivity contribution in [1.29, 1.82) is 0 Å². The first-order valence-electron chi connectivity index (χ1n) is 5.84. The number of halogens is 1. The lowest BCUT2D eigenvalue weighted by molar-refractivity contribution is 0.244. The summed E-state index contributed by atoms with van der Waals surface area (Å²) in [5, 5.41) is 9.00. The van der Waals surface area contributed by atoms with Gasteiger partial charge in [0.05, 0.1) is 0 Å². The van der Waals surface area contributed by atoms with Gasteiger partial charge in [-0.05, 0) is 41.1 Å². The molecular formula is C11H17BrN4O. The van der Waals surface area contributed by atoms with Crippen LogP contribution >= 0.6 is 15.9 Å². The Balaban J connectivity index is 2.13. The molecule has 1 aliphatic rings. The lowest BCUT2D eigenvalue weighted by Crippen LogP contribution is -2.36. The molecule has 1 aromatic heterocycles. The number of nitrogen functional groups attached to an aromatic ring is 1. The summed E-state index contributed by atoms with van der Waals surface area (Å²) in [5.41, 5.74) is 5.76.